The Morgan fingerprint density at radius 3 is 2.44 bits per heavy atom. The Bertz CT molecular complexity index is 1960. The molecule has 0 fully saturated rings. The van der Waals surface area contributed by atoms with Gasteiger partial charge in [-0.2, -0.15) is 0 Å². The molecule has 3 heteroatoms. The van der Waals surface area contributed by atoms with E-state index < -0.39 is 0 Å². The first-order valence-electron chi connectivity index (χ1n) is 13.0. The molecular formula is C36H29N3. The van der Waals surface area contributed by atoms with Crippen LogP contribution >= 0.6 is 0 Å². The average molecular weight is 504 g/mol. The van der Waals surface area contributed by atoms with Crippen molar-refractivity contribution in [3.63, 3.8) is 0 Å². The number of pyridine rings is 1. The molecule has 6 rings (SSSR count). The summed E-state index contributed by atoms with van der Waals surface area (Å²) < 4.78 is 4.53. The Balaban J connectivity index is 1.70. The lowest BCUT2D eigenvalue weighted by atomic mass is 10.0. The van der Waals surface area contributed by atoms with E-state index in [4.69, 9.17) is 0 Å². The van der Waals surface area contributed by atoms with Gasteiger partial charge in [0.2, 0.25) is 0 Å². The zero-order chi connectivity index (χ0) is 26.9. The van der Waals surface area contributed by atoms with E-state index in [1.807, 2.05) is 42.8 Å². The first-order chi connectivity index (χ1) is 19.2. The average Bonchev–Trinajstić information content (AvgIpc) is 3.53. The lowest BCUT2D eigenvalue weighted by Crippen LogP contribution is -1.98. The molecule has 0 saturated carbocycles. The quantitative estimate of drug-likeness (QED) is 0.199. The van der Waals surface area contributed by atoms with Crippen LogP contribution in [0.1, 0.15) is 18.2 Å². The molecule has 0 amide bonds. The maximum Gasteiger partial charge on any atom is 0.0619 e. The second-order valence-corrected chi connectivity index (χ2v) is 9.44. The number of fused-ring (bicyclic) bond motifs is 4. The minimum absolute atomic E-state index is 0.987. The normalized spacial score (nSPS) is 12.1. The van der Waals surface area contributed by atoms with E-state index in [2.05, 4.69) is 114 Å². The summed E-state index contributed by atoms with van der Waals surface area (Å²) in [4.78, 5) is 4.19. The zero-order valence-corrected chi connectivity index (χ0v) is 22.0. The van der Waals surface area contributed by atoms with Gasteiger partial charge in [0.25, 0.3) is 0 Å². The molecule has 0 radical (unpaired) electrons. The van der Waals surface area contributed by atoms with Crippen LogP contribution in [-0.4, -0.2) is 14.1 Å². The van der Waals surface area contributed by atoms with E-state index in [1.165, 1.54) is 21.7 Å². The minimum atomic E-state index is 0.987. The molecule has 0 aliphatic carbocycles. The van der Waals surface area contributed by atoms with Crippen molar-refractivity contribution in [2.24, 2.45) is 0 Å². The highest BCUT2D eigenvalue weighted by Crippen LogP contribution is 2.39. The summed E-state index contributed by atoms with van der Waals surface area (Å²) in [6.07, 6.45) is 17.6. The highest BCUT2D eigenvalue weighted by atomic mass is 15.0. The van der Waals surface area contributed by atoms with Gasteiger partial charge in [0.15, 0.2) is 0 Å². The third-order valence-corrected chi connectivity index (χ3v) is 7.25. The lowest BCUT2D eigenvalue weighted by Gasteiger charge is -2.13. The molecule has 0 saturated heterocycles. The molecule has 0 spiro atoms. The van der Waals surface area contributed by atoms with Crippen molar-refractivity contribution in [3.8, 4) is 16.8 Å². The van der Waals surface area contributed by atoms with Crippen LogP contribution in [0.15, 0.2) is 129 Å². The van der Waals surface area contributed by atoms with Crippen molar-refractivity contribution in [3.05, 3.63) is 141 Å². The van der Waals surface area contributed by atoms with Crippen molar-refractivity contribution < 1.29 is 0 Å². The molecule has 3 aromatic carbocycles. The van der Waals surface area contributed by atoms with E-state index in [1.54, 1.807) is 6.08 Å². The summed E-state index contributed by atoms with van der Waals surface area (Å²) in [5.74, 6) is 0. The van der Waals surface area contributed by atoms with Gasteiger partial charge in [0, 0.05) is 51.7 Å². The molecule has 0 aliphatic rings. The van der Waals surface area contributed by atoms with Gasteiger partial charge in [-0.15, -0.1) is 0 Å². The number of allylic oxidation sites excluding steroid dienone is 5. The smallest absolute Gasteiger partial charge is 0.0619 e. The Hall–Kier alpha value is -5.15. The minimum Gasteiger partial charge on any atom is -0.317 e. The van der Waals surface area contributed by atoms with E-state index in [0.29, 0.717) is 0 Å². The first-order valence-corrected chi connectivity index (χ1v) is 13.0. The van der Waals surface area contributed by atoms with Crippen molar-refractivity contribution >= 4 is 50.4 Å². The van der Waals surface area contributed by atoms with E-state index in [0.717, 1.165) is 44.7 Å². The van der Waals surface area contributed by atoms with Gasteiger partial charge < -0.3 is 9.13 Å². The van der Waals surface area contributed by atoms with E-state index in [9.17, 15) is 0 Å². The predicted octanol–water partition coefficient (Wildman–Crippen LogP) is 9.69. The summed E-state index contributed by atoms with van der Waals surface area (Å²) in [5.41, 5.74) is 8.91. The number of nitrogens with zero attached hydrogens (tertiary/aromatic N) is 3. The van der Waals surface area contributed by atoms with Crippen molar-refractivity contribution in [1.29, 1.82) is 0 Å². The number of aromatic nitrogens is 3. The Labute approximate surface area is 228 Å². The van der Waals surface area contributed by atoms with Crippen LogP contribution in [0.25, 0.3) is 67.2 Å². The van der Waals surface area contributed by atoms with Crippen LogP contribution < -0.4 is 0 Å². The Morgan fingerprint density at radius 1 is 0.846 bits per heavy atom. The van der Waals surface area contributed by atoms with Crippen LogP contribution in [0.4, 0.5) is 0 Å². The molecule has 3 nitrogen and oxygen atoms in total. The van der Waals surface area contributed by atoms with Crippen LogP contribution in [-0.2, 0) is 0 Å². The summed E-state index contributed by atoms with van der Waals surface area (Å²) in [5, 5.41) is 4.71. The largest absolute Gasteiger partial charge is 0.317 e. The fourth-order valence-electron chi connectivity index (χ4n) is 5.54. The predicted molar refractivity (Wildman–Crippen MR) is 169 cm³/mol. The highest BCUT2D eigenvalue weighted by Gasteiger charge is 2.19. The Morgan fingerprint density at radius 2 is 1.69 bits per heavy atom. The van der Waals surface area contributed by atoms with Gasteiger partial charge in [-0.25, -0.2) is 0 Å². The SMILES string of the molecule is C=C/C=C(\C=C)n1ccc2cc3c(ccc4c(C=C)c(/C=C\C)n(-c5cccc(-c6ccncc6)c5)c43)cc21. The number of hydrogen-bond donors (Lipinski definition) is 0. The van der Waals surface area contributed by atoms with Gasteiger partial charge in [0.05, 0.1) is 16.7 Å². The zero-order valence-electron chi connectivity index (χ0n) is 22.0. The molecule has 3 aromatic heterocycles. The molecule has 0 N–H and O–H groups in total. The molecule has 6 aromatic rings. The maximum absolute atomic E-state index is 4.19. The molecule has 0 unspecified atom stereocenters. The molecule has 3 heterocycles. The topological polar surface area (TPSA) is 22.8 Å². The summed E-state index contributed by atoms with van der Waals surface area (Å²) >= 11 is 0. The van der Waals surface area contributed by atoms with Crippen molar-refractivity contribution in [2.45, 2.75) is 6.92 Å². The molecule has 0 aliphatic heterocycles. The van der Waals surface area contributed by atoms with Crippen LogP contribution in [0, 0.1) is 0 Å². The van der Waals surface area contributed by atoms with Gasteiger partial charge in [-0.1, -0.05) is 62.2 Å². The monoisotopic (exact) mass is 503 g/mol. The number of rotatable bonds is 7. The fraction of sp³-hybridized carbons (Fsp3) is 0.0278. The van der Waals surface area contributed by atoms with Gasteiger partial charge in [-0.05, 0) is 84.1 Å². The van der Waals surface area contributed by atoms with Crippen molar-refractivity contribution in [1.82, 2.24) is 14.1 Å². The van der Waals surface area contributed by atoms with Gasteiger partial charge in [0.1, 0.15) is 0 Å². The highest BCUT2D eigenvalue weighted by molar-refractivity contribution is 6.14. The maximum atomic E-state index is 4.19. The standard InChI is InChI=1S/C36H29N3/c1-5-10-29(7-3)38-21-18-28-23-33-27(24-35(28)38)14-15-32-31(8-4)34(11-6-2)39(36(32)33)30-13-9-12-26(22-30)25-16-19-37-20-17-25/h5-24H,1,3-4H2,2H3/b11-6-,29-10+. The van der Waals surface area contributed by atoms with Gasteiger partial charge in [-0.3, -0.25) is 4.98 Å². The number of hydrogen-bond acceptors (Lipinski definition) is 1. The second-order valence-electron chi connectivity index (χ2n) is 9.44. The molecular weight excluding hydrogens is 474 g/mol. The third kappa shape index (κ3) is 3.96. The van der Waals surface area contributed by atoms with Crippen molar-refractivity contribution in [2.75, 3.05) is 0 Å². The van der Waals surface area contributed by atoms with Crippen LogP contribution in [0.2, 0.25) is 0 Å². The summed E-state index contributed by atoms with van der Waals surface area (Å²) in [6, 6.07) is 23.9. The fourth-order valence-corrected chi connectivity index (χ4v) is 5.54. The van der Waals surface area contributed by atoms with Gasteiger partial charge >= 0.3 is 0 Å². The summed E-state index contributed by atoms with van der Waals surface area (Å²) in [7, 11) is 0. The second kappa shape index (κ2) is 9.96. The lowest BCUT2D eigenvalue weighted by molar-refractivity contribution is 1.11. The van der Waals surface area contributed by atoms with Crippen LogP contribution in [0.3, 0.4) is 0 Å². The van der Waals surface area contributed by atoms with Crippen LogP contribution in [0.5, 0.6) is 0 Å². The molecule has 0 bridgehead atoms. The van der Waals surface area contributed by atoms with E-state index in [-0.39, 0.29) is 0 Å². The molecule has 39 heavy (non-hydrogen) atoms. The number of benzene rings is 3. The summed E-state index contributed by atoms with van der Waals surface area (Å²) in [6.45, 7) is 14.1. The third-order valence-electron chi connectivity index (χ3n) is 7.25. The van der Waals surface area contributed by atoms with E-state index >= 15 is 0 Å². The first kappa shape index (κ1) is 24.2. The molecule has 0 atom stereocenters. The Kier molecular flexibility index (Phi) is 6.18. The molecule has 188 valence electrons.